The zero-order valence-corrected chi connectivity index (χ0v) is 12.0. The monoisotopic (exact) mass is 244 g/mol. The summed E-state index contributed by atoms with van der Waals surface area (Å²) >= 11 is 0. The highest BCUT2D eigenvalue weighted by atomic mass is 16.5. The molecule has 0 radical (unpaired) electrons. The average molecular weight is 244 g/mol. The number of hydrogen-bond acceptors (Lipinski definition) is 4. The van der Waals surface area contributed by atoms with Crippen molar-refractivity contribution in [3.8, 4) is 0 Å². The number of methoxy groups -OCH3 is 1. The molecule has 0 amide bonds. The Morgan fingerprint density at radius 2 is 1.94 bits per heavy atom. The molecular formula is C13H28N2O2. The smallest absolute Gasteiger partial charge is 0.0789 e. The first-order chi connectivity index (χ1) is 7.82. The summed E-state index contributed by atoms with van der Waals surface area (Å²) in [5, 5.41) is 0. The van der Waals surface area contributed by atoms with Crippen LogP contribution in [0.4, 0.5) is 0 Å². The predicted molar refractivity (Wildman–Crippen MR) is 70.2 cm³/mol. The van der Waals surface area contributed by atoms with Gasteiger partial charge in [0.1, 0.15) is 0 Å². The van der Waals surface area contributed by atoms with E-state index in [9.17, 15) is 0 Å². The second-order valence-electron chi connectivity index (χ2n) is 6.00. The van der Waals surface area contributed by atoms with Crippen LogP contribution in [0.1, 0.15) is 34.1 Å². The fourth-order valence-corrected chi connectivity index (χ4v) is 2.90. The topological polar surface area (TPSA) is 47.7 Å². The zero-order valence-electron chi connectivity index (χ0n) is 12.0. The van der Waals surface area contributed by atoms with Gasteiger partial charge in [0, 0.05) is 32.8 Å². The van der Waals surface area contributed by atoms with Crippen molar-refractivity contribution in [1.29, 1.82) is 0 Å². The number of rotatable bonds is 6. The lowest BCUT2D eigenvalue weighted by Gasteiger charge is -2.36. The second-order valence-corrected chi connectivity index (χ2v) is 6.00. The first-order valence-electron chi connectivity index (χ1n) is 6.45. The fourth-order valence-electron chi connectivity index (χ4n) is 2.90. The second kappa shape index (κ2) is 5.65. The Balaban J connectivity index is 2.72. The van der Waals surface area contributed by atoms with Crippen molar-refractivity contribution in [1.82, 2.24) is 4.90 Å². The van der Waals surface area contributed by atoms with Crippen molar-refractivity contribution in [3.63, 3.8) is 0 Å². The molecule has 1 fully saturated rings. The largest absolute Gasteiger partial charge is 0.383 e. The molecule has 17 heavy (non-hydrogen) atoms. The molecule has 0 saturated carbocycles. The maximum atomic E-state index is 6.13. The van der Waals surface area contributed by atoms with Gasteiger partial charge < -0.3 is 15.2 Å². The van der Waals surface area contributed by atoms with Crippen molar-refractivity contribution >= 4 is 0 Å². The third-order valence-electron chi connectivity index (χ3n) is 3.47. The summed E-state index contributed by atoms with van der Waals surface area (Å²) in [4.78, 5) is 2.40. The van der Waals surface area contributed by atoms with Crippen LogP contribution in [-0.2, 0) is 9.47 Å². The Kier molecular flexibility index (Phi) is 4.95. The summed E-state index contributed by atoms with van der Waals surface area (Å²) in [5.41, 5.74) is 5.54. The van der Waals surface area contributed by atoms with E-state index in [0.717, 1.165) is 26.1 Å². The van der Waals surface area contributed by atoms with E-state index in [1.807, 2.05) is 0 Å². The molecule has 1 saturated heterocycles. The molecule has 4 heteroatoms. The predicted octanol–water partition coefficient (Wildman–Crippen LogP) is 1.24. The van der Waals surface area contributed by atoms with Crippen molar-refractivity contribution < 1.29 is 9.47 Å². The van der Waals surface area contributed by atoms with E-state index >= 15 is 0 Å². The first-order valence-corrected chi connectivity index (χ1v) is 6.45. The summed E-state index contributed by atoms with van der Waals surface area (Å²) in [5.74, 6) is 0. The van der Waals surface area contributed by atoms with Crippen LogP contribution in [0.5, 0.6) is 0 Å². The van der Waals surface area contributed by atoms with Gasteiger partial charge in [0.25, 0.3) is 0 Å². The Morgan fingerprint density at radius 1 is 1.29 bits per heavy atom. The Hall–Kier alpha value is -0.160. The molecular weight excluding hydrogens is 216 g/mol. The zero-order chi connectivity index (χ0) is 13.1. The molecule has 0 aromatic carbocycles. The van der Waals surface area contributed by atoms with Gasteiger partial charge in [-0.2, -0.15) is 0 Å². The summed E-state index contributed by atoms with van der Waals surface area (Å²) in [6.07, 6.45) is 1.05. The Bertz CT molecular complexity index is 242. The van der Waals surface area contributed by atoms with E-state index in [0.29, 0.717) is 12.6 Å². The van der Waals surface area contributed by atoms with Crippen molar-refractivity contribution in [3.05, 3.63) is 0 Å². The minimum atomic E-state index is -0.119. The molecule has 0 spiro atoms. The molecule has 1 atom stereocenters. The summed E-state index contributed by atoms with van der Waals surface area (Å²) in [6.45, 7) is 11.9. The van der Waals surface area contributed by atoms with Crippen LogP contribution in [0.15, 0.2) is 0 Å². The van der Waals surface area contributed by atoms with E-state index in [1.165, 1.54) is 0 Å². The van der Waals surface area contributed by atoms with E-state index < -0.39 is 0 Å². The van der Waals surface area contributed by atoms with Gasteiger partial charge >= 0.3 is 0 Å². The van der Waals surface area contributed by atoms with Crippen LogP contribution in [0.25, 0.3) is 0 Å². The number of nitrogens with two attached hydrogens (primary N) is 1. The highest BCUT2D eigenvalue weighted by molar-refractivity contribution is 5.00. The third kappa shape index (κ3) is 3.91. The minimum Gasteiger partial charge on any atom is -0.383 e. The van der Waals surface area contributed by atoms with Gasteiger partial charge in [0.15, 0.2) is 0 Å². The molecule has 2 N–H and O–H groups in total. The van der Waals surface area contributed by atoms with E-state index in [2.05, 4.69) is 32.6 Å². The molecule has 0 bridgehead atoms. The van der Waals surface area contributed by atoms with Gasteiger partial charge in [-0.05, 0) is 34.1 Å². The van der Waals surface area contributed by atoms with E-state index in [1.54, 1.807) is 7.11 Å². The van der Waals surface area contributed by atoms with Gasteiger partial charge in [0.05, 0.1) is 17.8 Å². The van der Waals surface area contributed by atoms with Crippen LogP contribution < -0.4 is 5.73 Å². The van der Waals surface area contributed by atoms with Crippen molar-refractivity contribution in [2.24, 2.45) is 5.73 Å². The van der Waals surface area contributed by atoms with Crippen molar-refractivity contribution in [2.45, 2.75) is 51.4 Å². The molecule has 1 heterocycles. The van der Waals surface area contributed by atoms with Gasteiger partial charge in [-0.3, -0.25) is 4.90 Å². The molecule has 102 valence electrons. The summed E-state index contributed by atoms with van der Waals surface area (Å²) in [6, 6.07) is 0.413. The first kappa shape index (κ1) is 14.9. The van der Waals surface area contributed by atoms with Crippen LogP contribution in [0.2, 0.25) is 0 Å². The molecule has 0 aromatic heterocycles. The molecule has 1 rings (SSSR count). The molecule has 1 aliphatic rings. The Morgan fingerprint density at radius 3 is 2.35 bits per heavy atom. The Labute approximate surface area is 105 Å². The number of nitrogens with zero attached hydrogens (tertiary/aromatic N) is 1. The lowest BCUT2D eigenvalue weighted by molar-refractivity contribution is -0.0813. The van der Waals surface area contributed by atoms with Crippen molar-refractivity contribution in [2.75, 3.05) is 33.4 Å². The maximum absolute atomic E-state index is 6.13. The highest BCUT2D eigenvalue weighted by Gasteiger charge is 2.47. The lowest BCUT2D eigenvalue weighted by Crippen LogP contribution is -2.49. The number of ether oxygens (including phenoxy) is 2. The van der Waals surface area contributed by atoms with E-state index in [-0.39, 0.29) is 11.2 Å². The SMILES string of the molecule is COCCN(CCN)C1CC(C)(C)OC1(C)C. The standard InChI is InChI=1S/C13H28N2O2/c1-12(2)10-11(13(3,4)17-12)15(7-6-14)8-9-16-5/h11H,6-10,14H2,1-5H3. The fraction of sp³-hybridized carbons (Fsp3) is 1.00. The average Bonchev–Trinajstić information content (AvgIpc) is 2.41. The van der Waals surface area contributed by atoms with Gasteiger partial charge in [-0.25, -0.2) is 0 Å². The third-order valence-corrected chi connectivity index (χ3v) is 3.47. The molecule has 0 aromatic rings. The maximum Gasteiger partial charge on any atom is 0.0789 e. The summed E-state index contributed by atoms with van der Waals surface area (Å²) in [7, 11) is 1.74. The van der Waals surface area contributed by atoms with Crippen LogP contribution in [-0.4, -0.2) is 55.5 Å². The molecule has 1 aliphatic heterocycles. The highest BCUT2D eigenvalue weighted by Crippen LogP contribution is 2.39. The molecule has 1 unspecified atom stereocenters. The lowest BCUT2D eigenvalue weighted by atomic mass is 9.93. The van der Waals surface area contributed by atoms with Gasteiger partial charge in [-0.1, -0.05) is 0 Å². The normalized spacial score (nSPS) is 26.6. The molecule has 4 nitrogen and oxygen atoms in total. The van der Waals surface area contributed by atoms with E-state index in [4.69, 9.17) is 15.2 Å². The molecule has 0 aliphatic carbocycles. The number of hydrogen-bond donors (Lipinski definition) is 1. The summed E-state index contributed by atoms with van der Waals surface area (Å²) < 4.78 is 11.3. The van der Waals surface area contributed by atoms with Crippen LogP contribution in [0.3, 0.4) is 0 Å². The quantitative estimate of drug-likeness (QED) is 0.763. The van der Waals surface area contributed by atoms with Gasteiger partial charge in [0.2, 0.25) is 0 Å². The van der Waals surface area contributed by atoms with Crippen LogP contribution >= 0.6 is 0 Å². The van der Waals surface area contributed by atoms with Gasteiger partial charge in [-0.15, -0.1) is 0 Å². The van der Waals surface area contributed by atoms with Crippen LogP contribution in [0, 0.1) is 0 Å². The minimum absolute atomic E-state index is 0.0475.